The lowest BCUT2D eigenvalue weighted by molar-refractivity contribution is 0.408. The zero-order chi connectivity index (χ0) is 10.7. The van der Waals surface area contributed by atoms with Gasteiger partial charge in [0, 0.05) is 10.4 Å². The molecule has 0 aliphatic heterocycles. The molecule has 1 heterocycles. The maximum Gasteiger partial charge on any atom is 0.124 e. The smallest absolute Gasteiger partial charge is 0.124 e. The van der Waals surface area contributed by atoms with Crippen molar-refractivity contribution in [3.05, 3.63) is 52.2 Å². The molecule has 4 heteroatoms. The molecule has 0 radical (unpaired) electrons. The molecule has 0 fully saturated rings. The van der Waals surface area contributed by atoms with Gasteiger partial charge in [0.2, 0.25) is 0 Å². The van der Waals surface area contributed by atoms with Gasteiger partial charge in [0.1, 0.15) is 5.75 Å². The highest BCUT2D eigenvalue weighted by Crippen LogP contribution is 2.29. The quantitative estimate of drug-likeness (QED) is 0.914. The molecule has 0 bridgehead atoms. The van der Waals surface area contributed by atoms with E-state index in [0.717, 1.165) is 16.2 Å². The predicted octanol–water partition coefficient (Wildman–Crippen LogP) is 3.23. The van der Waals surface area contributed by atoms with Gasteiger partial charge < -0.3 is 10.5 Å². The molecule has 2 aromatic rings. The van der Waals surface area contributed by atoms with Crippen LogP contribution in [-0.2, 0) is 0 Å². The first-order valence-corrected chi connectivity index (χ1v) is 5.63. The van der Waals surface area contributed by atoms with E-state index in [-0.39, 0.29) is 18.4 Å². The Labute approximate surface area is 105 Å². The van der Waals surface area contributed by atoms with Crippen LogP contribution in [0.2, 0.25) is 0 Å². The lowest BCUT2D eigenvalue weighted by Crippen LogP contribution is -2.11. The molecule has 0 spiro atoms. The number of thiophene rings is 1. The van der Waals surface area contributed by atoms with Gasteiger partial charge in [0.15, 0.2) is 0 Å². The number of methoxy groups -OCH3 is 1. The summed E-state index contributed by atoms with van der Waals surface area (Å²) in [5.41, 5.74) is 7.20. The number of hydrogen-bond acceptors (Lipinski definition) is 3. The van der Waals surface area contributed by atoms with E-state index < -0.39 is 0 Å². The third-order valence-corrected chi connectivity index (χ3v) is 3.28. The van der Waals surface area contributed by atoms with Crippen LogP contribution in [-0.4, -0.2) is 7.11 Å². The van der Waals surface area contributed by atoms with Crippen LogP contribution in [0.15, 0.2) is 41.8 Å². The van der Waals surface area contributed by atoms with E-state index in [1.54, 1.807) is 18.4 Å². The Morgan fingerprint density at radius 2 is 1.94 bits per heavy atom. The Balaban J connectivity index is 0.00000128. The molecule has 86 valence electrons. The number of hydrogen-bond donors (Lipinski definition) is 1. The molecular weight excluding hydrogens is 242 g/mol. The fourth-order valence-corrected chi connectivity index (χ4v) is 2.29. The predicted molar refractivity (Wildman–Crippen MR) is 70.6 cm³/mol. The van der Waals surface area contributed by atoms with E-state index in [0.29, 0.717) is 0 Å². The van der Waals surface area contributed by atoms with Crippen LogP contribution in [0.1, 0.15) is 16.5 Å². The topological polar surface area (TPSA) is 35.2 Å². The molecule has 1 aromatic heterocycles. The molecule has 0 saturated carbocycles. The van der Waals surface area contributed by atoms with E-state index in [1.165, 1.54) is 0 Å². The van der Waals surface area contributed by atoms with E-state index in [9.17, 15) is 0 Å². The molecule has 1 atom stereocenters. The molecule has 2 nitrogen and oxygen atoms in total. The zero-order valence-corrected chi connectivity index (χ0v) is 10.6. The largest absolute Gasteiger partial charge is 0.496 e. The fourth-order valence-electron chi connectivity index (χ4n) is 1.54. The van der Waals surface area contributed by atoms with Gasteiger partial charge in [-0.3, -0.25) is 0 Å². The highest BCUT2D eigenvalue weighted by molar-refractivity contribution is 7.10. The van der Waals surface area contributed by atoms with Crippen LogP contribution in [0.3, 0.4) is 0 Å². The number of halogens is 1. The Hall–Kier alpha value is -1.03. The van der Waals surface area contributed by atoms with Gasteiger partial charge in [-0.15, -0.1) is 23.7 Å². The SMILES string of the molecule is COc1ccccc1[C@H](N)c1cccs1.Cl. The van der Waals surface area contributed by atoms with Crippen molar-refractivity contribution in [3.63, 3.8) is 0 Å². The van der Waals surface area contributed by atoms with Crippen molar-refractivity contribution in [2.45, 2.75) is 6.04 Å². The number of para-hydroxylation sites is 1. The summed E-state index contributed by atoms with van der Waals surface area (Å²) in [6, 6.07) is 11.8. The first-order valence-electron chi connectivity index (χ1n) is 4.75. The maximum atomic E-state index is 6.17. The van der Waals surface area contributed by atoms with Gasteiger partial charge >= 0.3 is 0 Å². The van der Waals surface area contributed by atoms with Gasteiger partial charge in [0.25, 0.3) is 0 Å². The minimum absolute atomic E-state index is 0. The average Bonchev–Trinajstić information content (AvgIpc) is 2.81. The number of nitrogens with two attached hydrogens (primary N) is 1. The fraction of sp³-hybridized carbons (Fsp3) is 0.167. The van der Waals surface area contributed by atoms with Crippen molar-refractivity contribution < 1.29 is 4.74 Å². The van der Waals surface area contributed by atoms with E-state index in [1.807, 2.05) is 41.8 Å². The summed E-state index contributed by atoms with van der Waals surface area (Å²) in [6.45, 7) is 0. The maximum absolute atomic E-state index is 6.17. The summed E-state index contributed by atoms with van der Waals surface area (Å²) in [7, 11) is 1.67. The third kappa shape index (κ3) is 2.55. The molecule has 16 heavy (non-hydrogen) atoms. The molecule has 0 unspecified atom stereocenters. The molecule has 0 aliphatic carbocycles. The van der Waals surface area contributed by atoms with E-state index in [4.69, 9.17) is 10.5 Å². The minimum atomic E-state index is -0.0962. The van der Waals surface area contributed by atoms with Crippen molar-refractivity contribution in [1.82, 2.24) is 0 Å². The van der Waals surface area contributed by atoms with Crippen LogP contribution in [0, 0.1) is 0 Å². The van der Waals surface area contributed by atoms with Crippen LogP contribution in [0.25, 0.3) is 0 Å². The average molecular weight is 256 g/mol. The Morgan fingerprint density at radius 3 is 2.56 bits per heavy atom. The van der Waals surface area contributed by atoms with Crippen molar-refractivity contribution >= 4 is 23.7 Å². The van der Waals surface area contributed by atoms with Crippen LogP contribution < -0.4 is 10.5 Å². The van der Waals surface area contributed by atoms with Gasteiger partial charge in [-0.2, -0.15) is 0 Å². The Morgan fingerprint density at radius 1 is 1.19 bits per heavy atom. The molecule has 0 amide bonds. The lowest BCUT2D eigenvalue weighted by Gasteiger charge is -2.13. The second-order valence-electron chi connectivity index (χ2n) is 3.24. The number of benzene rings is 1. The molecular formula is C12H14ClNOS. The van der Waals surface area contributed by atoms with Crippen molar-refractivity contribution in [2.24, 2.45) is 5.73 Å². The summed E-state index contributed by atoms with van der Waals surface area (Å²) in [4.78, 5) is 1.15. The summed E-state index contributed by atoms with van der Waals surface area (Å²) in [5.74, 6) is 0.846. The summed E-state index contributed by atoms with van der Waals surface area (Å²) in [6.07, 6.45) is 0. The summed E-state index contributed by atoms with van der Waals surface area (Å²) >= 11 is 1.66. The van der Waals surface area contributed by atoms with Gasteiger partial charge in [-0.1, -0.05) is 24.3 Å². The first-order chi connectivity index (χ1) is 7.33. The molecule has 0 aliphatic rings. The molecule has 1 aromatic carbocycles. The second kappa shape index (κ2) is 5.89. The van der Waals surface area contributed by atoms with Crippen molar-refractivity contribution in [2.75, 3.05) is 7.11 Å². The first kappa shape index (κ1) is 13.0. The van der Waals surface area contributed by atoms with Crippen molar-refractivity contribution in [3.8, 4) is 5.75 Å². The standard InChI is InChI=1S/C12H13NOS.ClH/c1-14-10-6-3-2-5-9(10)12(13)11-7-4-8-15-11;/h2-8,12H,13H2,1H3;1H/t12-;/m0./s1. The van der Waals surface area contributed by atoms with Gasteiger partial charge in [-0.05, 0) is 17.5 Å². The zero-order valence-electron chi connectivity index (χ0n) is 8.92. The molecule has 2 N–H and O–H groups in total. The number of rotatable bonds is 3. The van der Waals surface area contributed by atoms with Crippen LogP contribution in [0.4, 0.5) is 0 Å². The molecule has 2 rings (SSSR count). The van der Waals surface area contributed by atoms with Crippen LogP contribution >= 0.6 is 23.7 Å². The highest BCUT2D eigenvalue weighted by atomic mass is 35.5. The number of ether oxygens (including phenoxy) is 1. The van der Waals surface area contributed by atoms with Gasteiger partial charge in [-0.25, -0.2) is 0 Å². The van der Waals surface area contributed by atoms with E-state index in [2.05, 4.69) is 0 Å². The highest BCUT2D eigenvalue weighted by Gasteiger charge is 2.13. The lowest BCUT2D eigenvalue weighted by atomic mass is 10.1. The van der Waals surface area contributed by atoms with Gasteiger partial charge in [0.05, 0.1) is 13.2 Å². The Bertz CT molecular complexity index is 430. The Kier molecular flexibility index (Phi) is 4.80. The van der Waals surface area contributed by atoms with Crippen molar-refractivity contribution in [1.29, 1.82) is 0 Å². The monoisotopic (exact) mass is 255 g/mol. The van der Waals surface area contributed by atoms with E-state index >= 15 is 0 Å². The third-order valence-electron chi connectivity index (χ3n) is 2.32. The second-order valence-corrected chi connectivity index (χ2v) is 4.21. The summed E-state index contributed by atoms with van der Waals surface area (Å²) < 4.78 is 5.29. The normalized spacial score (nSPS) is 11.6. The summed E-state index contributed by atoms with van der Waals surface area (Å²) in [5, 5.41) is 2.03. The minimum Gasteiger partial charge on any atom is -0.496 e. The van der Waals surface area contributed by atoms with Crippen LogP contribution in [0.5, 0.6) is 5.75 Å². The molecule has 0 saturated heterocycles.